The number of aryl methyl sites for hydroxylation is 2. The summed E-state index contributed by atoms with van der Waals surface area (Å²) < 4.78 is 0. The monoisotopic (exact) mass is 522 g/mol. The van der Waals surface area contributed by atoms with Crippen LogP contribution >= 0.6 is 0 Å². The van der Waals surface area contributed by atoms with Crippen LogP contribution in [0.5, 0.6) is 11.5 Å². The average molecular weight is 524 g/mol. The van der Waals surface area contributed by atoms with Crippen molar-refractivity contribution in [2.45, 2.75) is 68.2 Å². The van der Waals surface area contributed by atoms with Gasteiger partial charge in [0.25, 0.3) is 0 Å². The van der Waals surface area contributed by atoms with E-state index in [0.29, 0.717) is 11.5 Å². The van der Waals surface area contributed by atoms with Crippen LogP contribution in [0.3, 0.4) is 0 Å². The van der Waals surface area contributed by atoms with Crippen molar-refractivity contribution in [2.24, 2.45) is 0 Å². The molecule has 0 aliphatic heterocycles. The molecular formula is C30H40O2Zr. The first-order valence-corrected chi connectivity index (χ1v) is 11.2. The molecule has 2 N–H and O–H groups in total. The number of phenolic OH excluding ortho intramolecular Hbond substituents is 2. The molecule has 0 amide bonds. The first kappa shape index (κ1) is 30.9. The number of benzene rings is 2. The Bertz CT molecular complexity index is 905. The van der Waals surface area contributed by atoms with Gasteiger partial charge in [-0.3, -0.25) is 0 Å². The van der Waals surface area contributed by atoms with Crippen LogP contribution in [0.1, 0.15) is 65.5 Å². The summed E-state index contributed by atoms with van der Waals surface area (Å²) in [5.74, 6) is 0.676. The van der Waals surface area contributed by atoms with Gasteiger partial charge in [-0.05, 0) is 104 Å². The van der Waals surface area contributed by atoms with E-state index in [0.717, 1.165) is 11.1 Å². The maximum atomic E-state index is 8.81. The van der Waals surface area contributed by atoms with Crippen molar-refractivity contribution in [1.29, 1.82) is 0 Å². The van der Waals surface area contributed by atoms with Crippen LogP contribution in [0.4, 0.5) is 0 Å². The van der Waals surface area contributed by atoms with Crippen molar-refractivity contribution < 1.29 is 36.4 Å². The van der Waals surface area contributed by atoms with E-state index in [9.17, 15) is 0 Å². The summed E-state index contributed by atoms with van der Waals surface area (Å²) >= 11 is 0. The maximum Gasteiger partial charge on any atom is 0.115 e. The van der Waals surface area contributed by atoms with E-state index in [4.69, 9.17) is 10.2 Å². The van der Waals surface area contributed by atoms with Gasteiger partial charge in [0.05, 0.1) is 0 Å². The fourth-order valence-corrected chi connectivity index (χ4v) is 3.46. The average Bonchev–Trinajstić information content (AvgIpc) is 3.14. The predicted molar refractivity (Wildman–Crippen MR) is 139 cm³/mol. The second-order valence-electron chi connectivity index (χ2n) is 8.94. The Morgan fingerprint density at radius 1 is 0.545 bits per heavy atom. The quantitative estimate of drug-likeness (QED) is 0.362. The minimum Gasteiger partial charge on any atom is -0.508 e. The van der Waals surface area contributed by atoms with E-state index < -0.39 is 0 Å². The van der Waals surface area contributed by atoms with Gasteiger partial charge in [0.1, 0.15) is 11.5 Å². The fraction of sp³-hybridized carbons (Fsp3) is 0.333. The first-order chi connectivity index (χ1) is 15.0. The molecule has 0 bridgehead atoms. The number of phenols is 2. The van der Waals surface area contributed by atoms with Crippen molar-refractivity contribution >= 4 is 0 Å². The molecule has 2 aromatic carbocycles. The summed E-state index contributed by atoms with van der Waals surface area (Å²) in [6.45, 7) is 17.0. The molecule has 2 aliphatic carbocycles. The van der Waals surface area contributed by atoms with Crippen molar-refractivity contribution in [3.05, 3.63) is 105 Å². The maximum absolute atomic E-state index is 8.81. The molecule has 2 nitrogen and oxygen atoms in total. The zero-order valence-corrected chi connectivity index (χ0v) is 24.0. The topological polar surface area (TPSA) is 40.5 Å². The SMILES string of the molecule is CC1=CC(C)=C(C)C1.CC1=CC(C)=C(C)C1.Cc1cccc(O)c1.Cc1cccc(O)c1.[Zr]. The van der Waals surface area contributed by atoms with Gasteiger partial charge < -0.3 is 10.2 Å². The summed E-state index contributed by atoms with van der Waals surface area (Å²) in [7, 11) is 0. The molecule has 3 heteroatoms. The molecule has 0 saturated heterocycles. The van der Waals surface area contributed by atoms with Crippen molar-refractivity contribution in [3.8, 4) is 11.5 Å². The Morgan fingerprint density at radius 3 is 1.00 bits per heavy atom. The molecule has 0 aromatic heterocycles. The summed E-state index contributed by atoms with van der Waals surface area (Å²) in [4.78, 5) is 0. The molecule has 0 radical (unpaired) electrons. The van der Waals surface area contributed by atoms with E-state index in [1.807, 2.05) is 38.1 Å². The molecule has 0 fully saturated rings. The van der Waals surface area contributed by atoms with Crippen LogP contribution < -0.4 is 0 Å². The minimum atomic E-state index is 0. The summed E-state index contributed by atoms with van der Waals surface area (Å²) in [5, 5.41) is 17.6. The number of aromatic hydroxyl groups is 2. The van der Waals surface area contributed by atoms with Gasteiger partial charge >= 0.3 is 0 Å². The first-order valence-electron chi connectivity index (χ1n) is 11.2. The van der Waals surface area contributed by atoms with Crippen molar-refractivity contribution in [2.75, 3.05) is 0 Å². The molecule has 0 unspecified atom stereocenters. The van der Waals surface area contributed by atoms with Crippen LogP contribution in [0, 0.1) is 13.8 Å². The Kier molecular flexibility index (Phi) is 14.7. The van der Waals surface area contributed by atoms with Crippen molar-refractivity contribution in [3.63, 3.8) is 0 Å². The second kappa shape index (κ2) is 15.7. The van der Waals surface area contributed by atoms with E-state index >= 15 is 0 Å². The van der Waals surface area contributed by atoms with E-state index in [1.54, 1.807) is 24.3 Å². The van der Waals surface area contributed by atoms with Crippen LogP contribution in [-0.4, -0.2) is 10.2 Å². The normalized spacial score (nSPS) is 13.9. The standard InChI is InChI=1S/2C8H12.2C7H8O.Zr/c2*1-6-4-7(2)8(3)5-6;2*1-6-3-2-4-7(8)5-6;/h2*4H,5H2,1-3H3;2*2-5,8H,1H3;. The zero-order valence-electron chi connectivity index (χ0n) is 21.6. The van der Waals surface area contributed by atoms with Gasteiger partial charge in [-0.25, -0.2) is 0 Å². The molecule has 176 valence electrons. The summed E-state index contributed by atoms with van der Waals surface area (Å²) in [5.41, 5.74) is 11.2. The Morgan fingerprint density at radius 2 is 0.879 bits per heavy atom. The Labute approximate surface area is 220 Å². The number of hydrogen-bond acceptors (Lipinski definition) is 2. The van der Waals surface area contributed by atoms with Crippen LogP contribution in [0.25, 0.3) is 0 Å². The molecule has 4 rings (SSSR count). The van der Waals surface area contributed by atoms with Crippen LogP contribution in [-0.2, 0) is 26.2 Å². The van der Waals surface area contributed by atoms with Gasteiger partial charge in [-0.2, -0.15) is 0 Å². The van der Waals surface area contributed by atoms with Gasteiger partial charge in [0.15, 0.2) is 0 Å². The predicted octanol–water partition coefficient (Wildman–Crippen LogP) is 8.74. The molecular weight excluding hydrogens is 484 g/mol. The van der Waals surface area contributed by atoms with E-state index in [1.165, 1.54) is 46.3 Å². The molecule has 2 aromatic rings. The number of hydrogen-bond donors (Lipinski definition) is 2. The van der Waals surface area contributed by atoms with Crippen molar-refractivity contribution in [1.82, 2.24) is 0 Å². The third-order valence-corrected chi connectivity index (χ3v) is 5.36. The van der Waals surface area contributed by atoms with Gasteiger partial charge in [0.2, 0.25) is 0 Å². The van der Waals surface area contributed by atoms with E-state index in [2.05, 4.69) is 53.7 Å². The van der Waals surface area contributed by atoms with E-state index in [-0.39, 0.29) is 26.2 Å². The zero-order chi connectivity index (χ0) is 24.3. The second-order valence-corrected chi connectivity index (χ2v) is 8.94. The molecule has 0 atom stereocenters. The van der Waals surface area contributed by atoms with Gasteiger partial charge in [-0.1, -0.05) is 69.9 Å². The van der Waals surface area contributed by atoms with Crippen LogP contribution in [0.15, 0.2) is 94.1 Å². The fourth-order valence-electron chi connectivity index (χ4n) is 3.46. The summed E-state index contributed by atoms with van der Waals surface area (Å²) in [6, 6.07) is 14.3. The Balaban J connectivity index is 0.000000410. The molecule has 33 heavy (non-hydrogen) atoms. The molecule has 0 heterocycles. The number of allylic oxidation sites excluding steroid dienone is 8. The van der Waals surface area contributed by atoms with Gasteiger partial charge in [-0.15, -0.1) is 0 Å². The van der Waals surface area contributed by atoms with Crippen LogP contribution in [0.2, 0.25) is 0 Å². The third-order valence-electron chi connectivity index (χ3n) is 5.36. The molecule has 0 saturated carbocycles. The molecule has 2 aliphatic rings. The Hall–Kier alpha value is -2.12. The largest absolute Gasteiger partial charge is 0.508 e. The smallest absolute Gasteiger partial charge is 0.115 e. The van der Waals surface area contributed by atoms with Gasteiger partial charge in [0, 0.05) is 26.2 Å². The summed E-state index contributed by atoms with van der Waals surface area (Å²) in [6.07, 6.45) is 6.92. The number of rotatable bonds is 0. The molecule has 0 spiro atoms. The minimum absolute atomic E-state index is 0. The third kappa shape index (κ3) is 13.2.